The van der Waals surface area contributed by atoms with Gasteiger partial charge >= 0.3 is 0 Å². The number of ether oxygens (including phenoxy) is 3. The van der Waals surface area contributed by atoms with Crippen molar-refractivity contribution >= 4 is 22.6 Å². The normalized spacial score (nSPS) is 14.8. The standard InChI is InChI=1S/C29H27NO6/c1-6-35-22-11-10-18(14-24(22)34-5)26-25-27(31)21-12-16(2)17(3)13-23(21)36-28(25)29(32)30(26)19-8-7-9-20(15-19)33-4/h7-15,26H,6H2,1-5H3. The fraction of sp³-hybridized carbons (Fsp3) is 0.241. The Bertz CT molecular complexity index is 1550. The summed E-state index contributed by atoms with van der Waals surface area (Å²) in [5.74, 6) is 1.33. The van der Waals surface area contributed by atoms with Gasteiger partial charge in [-0.2, -0.15) is 0 Å². The van der Waals surface area contributed by atoms with Gasteiger partial charge in [0.2, 0.25) is 5.76 Å². The highest BCUT2D eigenvalue weighted by molar-refractivity contribution is 6.10. The van der Waals surface area contributed by atoms with Gasteiger partial charge in [-0.3, -0.25) is 14.5 Å². The van der Waals surface area contributed by atoms with Crippen molar-refractivity contribution in [3.8, 4) is 17.2 Å². The zero-order chi connectivity index (χ0) is 25.6. The fourth-order valence-corrected chi connectivity index (χ4v) is 4.70. The molecule has 2 heterocycles. The van der Waals surface area contributed by atoms with Crippen LogP contribution in [-0.2, 0) is 0 Å². The molecule has 7 nitrogen and oxygen atoms in total. The first-order chi connectivity index (χ1) is 17.4. The average Bonchev–Trinajstić information content (AvgIpc) is 3.18. The summed E-state index contributed by atoms with van der Waals surface area (Å²) in [5, 5.41) is 0.444. The third-order valence-electron chi connectivity index (χ3n) is 6.62. The first-order valence-corrected chi connectivity index (χ1v) is 11.7. The second-order valence-corrected chi connectivity index (χ2v) is 8.73. The molecule has 1 unspecified atom stereocenters. The molecule has 7 heteroatoms. The van der Waals surface area contributed by atoms with Crippen molar-refractivity contribution in [1.82, 2.24) is 0 Å². The lowest BCUT2D eigenvalue weighted by atomic mass is 9.97. The first-order valence-electron chi connectivity index (χ1n) is 11.7. The molecule has 0 aliphatic carbocycles. The quantitative estimate of drug-likeness (QED) is 0.355. The molecular weight excluding hydrogens is 458 g/mol. The Labute approximate surface area is 208 Å². The number of anilines is 1. The van der Waals surface area contributed by atoms with Crippen LogP contribution < -0.4 is 24.5 Å². The van der Waals surface area contributed by atoms with Gasteiger partial charge in [-0.1, -0.05) is 12.1 Å². The summed E-state index contributed by atoms with van der Waals surface area (Å²) >= 11 is 0. The summed E-state index contributed by atoms with van der Waals surface area (Å²) in [4.78, 5) is 29.3. The molecule has 0 N–H and O–H groups in total. The lowest BCUT2D eigenvalue weighted by molar-refractivity contribution is 0.0971. The number of aryl methyl sites for hydroxylation is 2. The molecule has 36 heavy (non-hydrogen) atoms. The van der Waals surface area contributed by atoms with Crippen molar-refractivity contribution in [3.05, 3.63) is 92.8 Å². The number of rotatable bonds is 6. The van der Waals surface area contributed by atoms with Crippen LogP contribution in [0.4, 0.5) is 5.69 Å². The van der Waals surface area contributed by atoms with Crippen LogP contribution in [0.5, 0.6) is 17.2 Å². The Morgan fingerprint density at radius 1 is 0.917 bits per heavy atom. The number of carbonyl (C=O) groups is 1. The number of benzene rings is 3. The number of carbonyl (C=O) groups excluding carboxylic acids is 1. The van der Waals surface area contributed by atoms with E-state index in [0.717, 1.165) is 11.1 Å². The molecule has 1 amide bonds. The molecule has 1 atom stereocenters. The van der Waals surface area contributed by atoms with Gasteiger partial charge in [-0.05, 0) is 73.9 Å². The van der Waals surface area contributed by atoms with Crippen molar-refractivity contribution < 1.29 is 23.4 Å². The molecule has 3 aromatic carbocycles. The lowest BCUT2D eigenvalue weighted by Crippen LogP contribution is -2.29. The summed E-state index contributed by atoms with van der Waals surface area (Å²) < 4.78 is 22.8. The molecule has 0 fully saturated rings. The fourth-order valence-electron chi connectivity index (χ4n) is 4.70. The topological polar surface area (TPSA) is 78.2 Å². The Morgan fingerprint density at radius 3 is 2.42 bits per heavy atom. The SMILES string of the molecule is CCOc1ccc(C2c3c(oc4cc(C)c(C)cc4c3=O)C(=O)N2c2cccc(OC)c2)cc1OC. The smallest absolute Gasteiger partial charge is 0.295 e. The molecule has 0 bridgehead atoms. The van der Waals surface area contributed by atoms with Gasteiger partial charge in [0.25, 0.3) is 5.91 Å². The largest absolute Gasteiger partial charge is 0.497 e. The Balaban J connectivity index is 1.80. The molecule has 1 aliphatic heterocycles. The number of nitrogens with zero attached hydrogens (tertiary/aromatic N) is 1. The summed E-state index contributed by atoms with van der Waals surface area (Å²) in [6, 6.07) is 15.5. The number of hydrogen-bond acceptors (Lipinski definition) is 6. The maximum atomic E-state index is 13.9. The van der Waals surface area contributed by atoms with E-state index in [1.54, 1.807) is 49.5 Å². The van der Waals surface area contributed by atoms with Crippen molar-refractivity contribution in [1.29, 1.82) is 0 Å². The Hall–Kier alpha value is -4.26. The van der Waals surface area contributed by atoms with E-state index in [1.165, 1.54) is 0 Å². The van der Waals surface area contributed by atoms with E-state index in [-0.39, 0.29) is 11.2 Å². The summed E-state index contributed by atoms with van der Waals surface area (Å²) in [6.07, 6.45) is 0. The molecule has 0 spiro atoms. The molecule has 0 saturated heterocycles. The number of fused-ring (bicyclic) bond motifs is 2. The van der Waals surface area contributed by atoms with Crippen LogP contribution in [-0.4, -0.2) is 26.7 Å². The summed E-state index contributed by atoms with van der Waals surface area (Å²) in [5.41, 5.74) is 3.69. The second kappa shape index (κ2) is 9.07. The van der Waals surface area contributed by atoms with E-state index < -0.39 is 11.9 Å². The van der Waals surface area contributed by atoms with Crippen LogP contribution in [0.15, 0.2) is 63.8 Å². The van der Waals surface area contributed by atoms with Gasteiger partial charge in [0, 0.05) is 11.8 Å². The van der Waals surface area contributed by atoms with E-state index in [2.05, 4.69) is 0 Å². The predicted molar refractivity (Wildman–Crippen MR) is 138 cm³/mol. The van der Waals surface area contributed by atoms with Crippen LogP contribution in [0.1, 0.15) is 45.8 Å². The maximum Gasteiger partial charge on any atom is 0.295 e. The Morgan fingerprint density at radius 2 is 1.69 bits per heavy atom. The van der Waals surface area contributed by atoms with Gasteiger partial charge in [0.05, 0.1) is 37.8 Å². The van der Waals surface area contributed by atoms with E-state index in [9.17, 15) is 9.59 Å². The predicted octanol–water partition coefficient (Wildman–Crippen LogP) is 5.58. The van der Waals surface area contributed by atoms with Crippen molar-refractivity contribution in [3.63, 3.8) is 0 Å². The van der Waals surface area contributed by atoms with Crippen molar-refractivity contribution in [2.45, 2.75) is 26.8 Å². The monoisotopic (exact) mass is 485 g/mol. The van der Waals surface area contributed by atoms with E-state index in [4.69, 9.17) is 18.6 Å². The van der Waals surface area contributed by atoms with Crippen LogP contribution in [0.25, 0.3) is 11.0 Å². The third kappa shape index (κ3) is 3.68. The van der Waals surface area contributed by atoms with Crippen LogP contribution >= 0.6 is 0 Å². The molecule has 184 valence electrons. The van der Waals surface area contributed by atoms with E-state index in [1.807, 2.05) is 45.0 Å². The molecule has 4 aromatic rings. The molecule has 1 aliphatic rings. The van der Waals surface area contributed by atoms with Gasteiger partial charge in [0.15, 0.2) is 16.9 Å². The number of methoxy groups -OCH3 is 2. The maximum absolute atomic E-state index is 13.9. The lowest BCUT2D eigenvalue weighted by Gasteiger charge is -2.26. The first kappa shape index (κ1) is 23.5. The van der Waals surface area contributed by atoms with Gasteiger partial charge in [-0.15, -0.1) is 0 Å². The molecule has 0 radical (unpaired) electrons. The van der Waals surface area contributed by atoms with Crippen molar-refractivity contribution in [2.24, 2.45) is 0 Å². The highest BCUT2D eigenvalue weighted by Crippen LogP contribution is 2.44. The van der Waals surface area contributed by atoms with Crippen molar-refractivity contribution in [2.75, 3.05) is 25.7 Å². The highest BCUT2D eigenvalue weighted by atomic mass is 16.5. The van der Waals surface area contributed by atoms with Crippen LogP contribution in [0, 0.1) is 13.8 Å². The van der Waals surface area contributed by atoms with Crippen LogP contribution in [0.2, 0.25) is 0 Å². The minimum atomic E-state index is -0.730. The van der Waals surface area contributed by atoms with Gasteiger partial charge in [0.1, 0.15) is 11.3 Å². The summed E-state index contributed by atoms with van der Waals surface area (Å²) in [7, 11) is 3.12. The number of hydrogen-bond donors (Lipinski definition) is 0. The van der Waals surface area contributed by atoms with Gasteiger partial charge < -0.3 is 18.6 Å². The highest BCUT2D eigenvalue weighted by Gasteiger charge is 2.44. The minimum Gasteiger partial charge on any atom is -0.497 e. The Kier molecular flexibility index (Phi) is 5.92. The van der Waals surface area contributed by atoms with Crippen LogP contribution in [0.3, 0.4) is 0 Å². The number of amides is 1. The molecular formula is C29H27NO6. The third-order valence-corrected chi connectivity index (χ3v) is 6.62. The zero-order valence-electron chi connectivity index (χ0n) is 20.9. The zero-order valence-corrected chi connectivity index (χ0v) is 20.9. The molecule has 5 rings (SSSR count). The minimum absolute atomic E-state index is 0.0384. The average molecular weight is 486 g/mol. The summed E-state index contributed by atoms with van der Waals surface area (Å²) in [6.45, 7) is 6.26. The van der Waals surface area contributed by atoms with E-state index in [0.29, 0.717) is 51.6 Å². The van der Waals surface area contributed by atoms with Gasteiger partial charge in [-0.25, -0.2) is 0 Å². The molecule has 0 saturated carbocycles. The van der Waals surface area contributed by atoms with E-state index >= 15 is 0 Å². The second-order valence-electron chi connectivity index (χ2n) is 8.73. The molecule has 1 aromatic heterocycles.